The Morgan fingerprint density at radius 3 is 2.51 bits per heavy atom. The largest absolute Gasteiger partial charge is 0.495 e. The van der Waals surface area contributed by atoms with E-state index in [0.717, 1.165) is 12.8 Å². The lowest BCUT2D eigenvalue weighted by molar-refractivity contribution is 0.0784. The highest BCUT2D eigenvalue weighted by atomic mass is 35.5. The van der Waals surface area contributed by atoms with Crippen molar-refractivity contribution in [1.29, 1.82) is 0 Å². The lowest BCUT2D eigenvalue weighted by atomic mass is 9.91. The molecular weight excluding hydrogens is 519 g/mol. The highest BCUT2D eigenvalue weighted by molar-refractivity contribution is 6.34. The van der Waals surface area contributed by atoms with Gasteiger partial charge in [0.25, 0.3) is 5.91 Å². The monoisotopic (exact) mass is 552 g/mol. The number of allylic oxidation sites excluding steroid dienone is 1. The number of aliphatic hydroxyl groups is 1. The van der Waals surface area contributed by atoms with Crippen LogP contribution in [0.5, 0.6) is 5.75 Å². The fourth-order valence-corrected chi connectivity index (χ4v) is 5.05. The molecule has 39 heavy (non-hydrogen) atoms. The molecule has 0 saturated heterocycles. The van der Waals surface area contributed by atoms with Gasteiger partial charge in [-0.05, 0) is 88.1 Å². The van der Waals surface area contributed by atoms with Crippen LogP contribution in [0.1, 0.15) is 66.7 Å². The molecule has 1 amide bonds. The smallest absolute Gasteiger partial charge is 0.251 e. The van der Waals surface area contributed by atoms with Gasteiger partial charge in [0, 0.05) is 46.1 Å². The first-order valence-electron chi connectivity index (χ1n) is 12.8. The number of nitrogen functional groups attached to an aromatic ring is 1. The van der Waals surface area contributed by atoms with Crippen LogP contribution >= 0.6 is 11.6 Å². The number of carbonyl (C=O) groups excluding carboxylic acids is 1. The van der Waals surface area contributed by atoms with Crippen molar-refractivity contribution in [3.8, 4) is 17.0 Å². The summed E-state index contributed by atoms with van der Waals surface area (Å²) in [6, 6.07) is 11.0. The average Bonchev–Trinajstić information content (AvgIpc) is 3.71. The van der Waals surface area contributed by atoms with Crippen molar-refractivity contribution in [2.24, 2.45) is 11.7 Å². The number of carbonyl (C=O) groups is 1. The predicted molar refractivity (Wildman–Crippen MR) is 153 cm³/mol. The number of methoxy groups -OCH3 is 1. The van der Waals surface area contributed by atoms with Crippen molar-refractivity contribution >= 4 is 29.3 Å². The van der Waals surface area contributed by atoms with Gasteiger partial charge >= 0.3 is 0 Å². The molecule has 1 atom stereocenters. The van der Waals surface area contributed by atoms with Crippen molar-refractivity contribution < 1.29 is 19.0 Å². The van der Waals surface area contributed by atoms with E-state index in [1.54, 1.807) is 51.1 Å². The quantitative estimate of drug-likeness (QED) is 0.256. The lowest BCUT2D eigenvalue weighted by Crippen LogP contribution is -2.30. The Morgan fingerprint density at radius 1 is 1.28 bits per heavy atom. The number of hydrogen-bond donors (Lipinski definition) is 4. The highest BCUT2D eigenvalue weighted by Crippen LogP contribution is 2.44. The van der Waals surface area contributed by atoms with Gasteiger partial charge in [-0.15, -0.1) is 0 Å². The lowest BCUT2D eigenvalue weighted by Gasteiger charge is -2.25. The van der Waals surface area contributed by atoms with Gasteiger partial charge in [-0.2, -0.15) is 0 Å². The minimum atomic E-state index is -1.24. The van der Waals surface area contributed by atoms with Gasteiger partial charge in [0.05, 0.1) is 29.1 Å². The molecule has 4 rings (SSSR count). The zero-order chi connectivity index (χ0) is 28.5. The van der Waals surface area contributed by atoms with Crippen LogP contribution in [0, 0.1) is 11.7 Å². The van der Waals surface area contributed by atoms with E-state index < -0.39 is 5.60 Å². The van der Waals surface area contributed by atoms with Gasteiger partial charge in [-0.25, -0.2) is 4.39 Å². The number of nitrogens with one attached hydrogen (secondary N) is 1. The maximum absolute atomic E-state index is 13.6. The summed E-state index contributed by atoms with van der Waals surface area (Å²) < 4.78 is 19.0. The van der Waals surface area contributed by atoms with Crippen LogP contribution in [0.3, 0.4) is 0 Å². The topological polar surface area (TPSA) is 123 Å². The van der Waals surface area contributed by atoms with E-state index in [4.69, 9.17) is 32.8 Å². The van der Waals surface area contributed by atoms with Crippen LogP contribution in [-0.2, 0) is 5.60 Å². The standard InChI is InChI=1S/C30H34ClFN4O3/c1-16(33)11-19-12-20(13-25(39-4)27(19)34)29(37)35-15-22(17-5-6-17)24-14-23(30(2,3)38)26(31)28(36-24)18-7-9-21(32)10-8-18/h7-14,17,22,38H,5-6,15,33-34H2,1-4H3,(H,35,37)/b16-11-. The van der Waals surface area contributed by atoms with E-state index in [9.17, 15) is 14.3 Å². The Morgan fingerprint density at radius 2 is 1.95 bits per heavy atom. The van der Waals surface area contributed by atoms with Crippen molar-refractivity contribution in [2.75, 3.05) is 19.4 Å². The fraction of sp³-hybridized carbons (Fsp3) is 0.333. The summed E-state index contributed by atoms with van der Waals surface area (Å²) in [4.78, 5) is 18.1. The third-order valence-electron chi connectivity index (χ3n) is 6.85. The summed E-state index contributed by atoms with van der Waals surface area (Å²) in [6.07, 6.45) is 3.68. The molecule has 7 nitrogen and oxygen atoms in total. The Labute approximate surface area is 233 Å². The van der Waals surface area contributed by atoms with Gasteiger partial charge in [-0.3, -0.25) is 9.78 Å². The zero-order valence-electron chi connectivity index (χ0n) is 22.5. The molecule has 0 bridgehead atoms. The van der Waals surface area contributed by atoms with Crippen LogP contribution in [0.4, 0.5) is 10.1 Å². The number of pyridine rings is 1. The summed E-state index contributed by atoms with van der Waals surface area (Å²) >= 11 is 6.72. The number of anilines is 1. The molecule has 1 fully saturated rings. The number of ether oxygens (including phenoxy) is 1. The van der Waals surface area contributed by atoms with Crippen LogP contribution in [0.15, 0.2) is 48.2 Å². The highest BCUT2D eigenvalue weighted by Gasteiger charge is 2.35. The predicted octanol–water partition coefficient (Wildman–Crippen LogP) is 5.60. The third kappa shape index (κ3) is 6.52. The second kappa shape index (κ2) is 11.2. The van der Waals surface area contributed by atoms with E-state index in [1.807, 2.05) is 6.07 Å². The number of benzene rings is 2. The zero-order valence-corrected chi connectivity index (χ0v) is 23.3. The normalized spacial score (nSPS) is 14.7. The van der Waals surface area contributed by atoms with Crippen molar-refractivity contribution in [3.63, 3.8) is 0 Å². The van der Waals surface area contributed by atoms with E-state index >= 15 is 0 Å². The van der Waals surface area contributed by atoms with Crippen molar-refractivity contribution in [1.82, 2.24) is 10.3 Å². The van der Waals surface area contributed by atoms with Gasteiger partial charge in [0.15, 0.2) is 0 Å². The van der Waals surface area contributed by atoms with Crippen LogP contribution in [-0.4, -0.2) is 29.7 Å². The molecule has 9 heteroatoms. The van der Waals surface area contributed by atoms with Crippen molar-refractivity contribution in [3.05, 3.63) is 81.4 Å². The minimum Gasteiger partial charge on any atom is -0.495 e. The summed E-state index contributed by atoms with van der Waals surface area (Å²) in [5.41, 5.74) is 15.0. The maximum Gasteiger partial charge on any atom is 0.251 e. The molecule has 206 valence electrons. The molecular formula is C30H34ClFN4O3. The number of amides is 1. The van der Waals surface area contributed by atoms with Crippen LogP contribution < -0.4 is 21.5 Å². The first kappa shape index (κ1) is 28.4. The average molecular weight is 553 g/mol. The molecule has 2 aromatic carbocycles. The number of nitrogens with two attached hydrogens (primary N) is 2. The van der Waals surface area contributed by atoms with E-state index in [1.165, 1.54) is 19.2 Å². The molecule has 1 heterocycles. The Balaban J connectivity index is 1.68. The molecule has 0 aliphatic heterocycles. The molecule has 1 aromatic heterocycles. The van der Waals surface area contributed by atoms with E-state index in [2.05, 4.69) is 5.32 Å². The second-order valence-corrected chi connectivity index (χ2v) is 10.9. The molecule has 6 N–H and O–H groups in total. The summed E-state index contributed by atoms with van der Waals surface area (Å²) in [5, 5.41) is 14.2. The number of halogens is 2. The summed E-state index contributed by atoms with van der Waals surface area (Å²) in [5.74, 6) is -0.0838. The third-order valence-corrected chi connectivity index (χ3v) is 7.23. The number of hydrogen-bond acceptors (Lipinski definition) is 6. The van der Waals surface area contributed by atoms with Crippen LogP contribution in [0.25, 0.3) is 17.3 Å². The van der Waals surface area contributed by atoms with E-state index in [-0.39, 0.29) is 17.6 Å². The first-order chi connectivity index (χ1) is 18.4. The van der Waals surface area contributed by atoms with Gasteiger partial charge in [0.2, 0.25) is 0 Å². The second-order valence-electron chi connectivity index (χ2n) is 10.5. The molecule has 1 aliphatic carbocycles. The Hall–Kier alpha value is -3.62. The van der Waals surface area contributed by atoms with E-state index in [0.29, 0.717) is 68.3 Å². The number of aromatic nitrogens is 1. The van der Waals surface area contributed by atoms with Crippen molar-refractivity contribution in [2.45, 2.75) is 45.1 Å². The fourth-order valence-electron chi connectivity index (χ4n) is 4.61. The molecule has 3 aromatic rings. The molecule has 0 radical (unpaired) electrons. The van der Waals surface area contributed by atoms with Gasteiger partial charge in [-0.1, -0.05) is 11.6 Å². The number of nitrogens with zero attached hydrogens (tertiary/aromatic N) is 1. The van der Waals surface area contributed by atoms with Gasteiger partial charge in [0.1, 0.15) is 11.6 Å². The molecule has 1 aliphatic rings. The molecule has 1 saturated carbocycles. The van der Waals surface area contributed by atoms with Crippen LogP contribution in [0.2, 0.25) is 5.02 Å². The number of rotatable bonds is 9. The SMILES string of the molecule is COc1cc(C(=O)NCC(c2cc(C(C)(C)O)c(Cl)c(-c3ccc(F)cc3)n2)C2CC2)cc(/C=C(/C)N)c1N. The molecule has 0 spiro atoms. The maximum atomic E-state index is 13.6. The first-order valence-corrected chi connectivity index (χ1v) is 13.2. The Kier molecular flexibility index (Phi) is 8.18. The summed E-state index contributed by atoms with van der Waals surface area (Å²) in [6.45, 7) is 5.37. The minimum absolute atomic E-state index is 0.118. The molecule has 1 unspecified atom stereocenters. The van der Waals surface area contributed by atoms with Gasteiger partial charge < -0.3 is 26.6 Å². The Bertz CT molecular complexity index is 1410. The summed E-state index contributed by atoms with van der Waals surface area (Å²) in [7, 11) is 1.49.